The van der Waals surface area contributed by atoms with E-state index in [0.29, 0.717) is 0 Å². The fraction of sp³-hybridized carbons (Fsp3) is 0.667. The van der Waals surface area contributed by atoms with E-state index in [0.717, 1.165) is 0 Å². The zero-order valence-electron chi connectivity index (χ0n) is 8.78. The number of amides is 1. The van der Waals surface area contributed by atoms with Crippen molar-refractivity contribution in [1.82, 2.24) is 5.32 Å². The van der Waals surface area contributed by atoms with Crippen molar-refractivity contribution in [3.63, 3.8) is 0 Å². The molecule has 0 rings (SSSR count). The van der Waals surface area contributed by atoms with Crippen LogP contribution in [0.4, 0.5) is 0 Å². The summed E-state index contributed by atoms with van der Waals surface area (Å²) in [5, 5.41) is 10.9. The average molecular weight is 217 g/mol. The van der Waals surface area contributed by atoms with Crippen LogP contribution in [0.3, 0.4) is 0 Å². The van der Waals surface area contributed by atoms with Crippen LogP contribution in [0.15, 0.2) is 0 Å². The molecule has 0 saturated heterocycles. The van der Waals surface area contributed by atoms with Crippen molar-refractivity contribution in [3.05, 3.63) is 0 Å². The Balaban J connectivity index is 4.01. The highest BCUT2D eigenvalue weighted by Crippen LogP contribution is 2.00. The topological polar surface area (TPSA) is 92.7 Å². The Hall–Kier alpha value is -1.59. The molecule has 1 atom stereocenters. The number of ether oxygens (including phenoxy) is 1. The van der Waals surface area contributed by atoms with Crippen molar-refractivity contribution in [3.8, 4) is 0 Å². The van der Waals surface area contributed by atoms with Gasteiger partial charge in [0.1, 0.15) is 6.04 Å². The number of hydrogen-bond donors (Lipinski definition) is 2. The average Bonchev–Trinajstić information content (AvgIpc) is 2.11. The molecule has 15 heavy (non-hydrogen) atoms. The molecule has 1 unspecified atom stereocenters. The SMILES string of the molecule is CCOC(=O)CCC(NC(C)=O)C(=O)O. The number of hydrogen-bond acceptors (Lipinski definition) is 4. The first-order valence-corrected chi connectivity index (χ1v) is 4.63. The molecule has 2 N–H and O–H groups in total. The van der Waals surface area contributed by atoms with Crippen molar-refractivity contribution in [2.24, 2.45) is 0 Å². The first-order valence-electron chi connectivity index (χ1n) is 4.63. The highest BCUT2D eigenvalue weighted by molar-refractivity contribution is 5.82. The van der Waals surface area contributed by atoms with E-state index in [1.807, 2.05) is 0 Å². The van der Waals surface area contributed by atoms with Gasteiger partial charge in [-0.15, -0.1) is 0 Å². The monoisotopic (exact) mass is 217 g/mol. The normalized spacial score (nSPS) is 11.6. The van der Waals surface area contributed by atoms with E-state index in [1.165, 1.54) is 6.92 Å². The van der Waals surface area contributed by atoms with E-state index in [2.05, 4.69) is 10.1 Å². The van der Waals surface area contributed by atoms with Crippen LogP contribution < -0.4 is 5.32 Å². The van der Waals surface area contributed by atoms with Gasteiger partial charge in [0.15, 0.2) is 0 Å². The molecule has 0 aliphatic heterocycles. The van der Waals surface area contributed by atoms with Crippen molar-refractivity contribution in [2.75, 3.05) is 6.61 Å². The molecule has 0 heterocycles. The van der Waals surface area contributed by atoms with Gasteiger partial charge < -0.3 is 15.2 Å². The summed E-state index contributed by atoms with van der Waals surface area (Å²) < 4.78 is 4.63. The third-order valence-electron chi connectivity index (χ3n) is 1.62. The summed E-state index contributed by atoms with van der Waals surface area (Å²) in [7, 11) is 0. The maximum Gasteiger partial charge on any atom is 0.326 e. The van der Waals surface area contributed by atoms with Crippen LogP contribution in [-0.2, 0) is 19.1 Å². The quantitative estimate of drug-likeness (QED) is 0.607. The maximum absolute atomic E-state index is 10.9. The highest BCUT2D eigenvalue weighted by Gasteiger charge is 2.19. The minimum Gasteiger partial charge on any atom is -0.480 e. The summed E-state index contributed by atoms with van der Waals surface area (Å²) >= 11 is 0. The number of carbonyl (C=O) groups excluding carboxylic acids is 2. The Bertz CT molecular complexity index is 251. The smallest absolute Gasteiger partial charge is 0.326 e. The molecule has 0 aromatic heterocycles. The fourth-order valence-electron chi connectivity index (χ4n) is 0.998. The molecule has 0 aliphatic rings. The second kappa shape index (κ2) is 6.80. The summed E-state index contributed by atoms with van der Waals surface area (Å²) in [4.78, 5) is 32.2. The number of nitrogens with one attached hydrogen (secondary N) is 1. The molecule has 6 nitrogen and oxygen atoms in total. The summed E-state index contributed by atoms with van der Waals surface area (Å²) in [5.41, 5.74) is 0. The molecule has 0 spiro atoms. The second-order valence-electron chi connectivity index (χ2n) is 2.94. The Labute approximate surface area is 87.6 Å². The molecular formula is C9H15NO5. The lowest BCUT2D eigenvalue weighted by Gasteiger charge is -2.12. The van der Waals surface area contributed by atoms with Crippen molar-refractivity contribution < 1.29 is 24.2 Å². The van der Waals surface area contributed by atoms with Gasteiger partial charge in [-0.2, -0.15) is 0 Å². The van der Waals surface area contributed by atoms with Crippen LogP contribution in [0.5, 0.6) is 0 Å². The number of rotatable bonds is 6. The van der Waals surface area contributed by atoms with Gasteiger partial charge in [0.25, 0.3) is 0 Å². The van der Waals surface area contributed by atoms with E-state index < -0.39 is 23.9 Å². The van der Waals surface area contributed by atoms with Gasteiger partial charge >= 0.3 is 11.9 Å². The van der Waals surface area contributed by atoms with E-state index in [9.17, 15) is 14.4 Å². The predicted octanol–water partition coefficient (Wildman–Crippen LogP) is -0.0810. The van der Waals surface area contributed by atoms with Gasteiger partial charge in [-0.25, -0.2) is 4.79 Å². The second-order valence-corrected chi connectivity index (χ2v) is 2.94. The largest absolute Gasteiger partial charge is 0.480 e. The highest BCUT2D eigenvalue weighted by atomic mass is 16.5. The standard InChI is InChI=1S/C9H15NO5/c1-3-15-8(12)5-4-7(9(13)14)10-6(2)11/h7H,3-5H2,1-2H3,(H,10,11)(H,13,14). The van der Waals surface area contributed by atoms with Gasteiger partial charge in [0, 0.05) is 13.3 Å². The molecule has 0 aromatic rings. The lowest BCUT2D eigenvalue weighted by molar-refractivity contribution is -0.145. The molecule has 0 bridgehead atoms. The first-order chi connectivity index (χ1) is 6.97. The number of aliphatic carboxylic acids is 1. The van der Waals surface area contributed by atoms with Crippen LogP contribution in [0.25, 0.3) is 0 Å². The molecule has 0 aliphatic carbocycles. The Morgan fingerprint density at radius 2 is 2.00 bits per heavy atom. The predicted molar refractivity (Wildman–Crippen MR) is 51.1 cm³/mol. The van der Waals surface area contributed by atoms with Crippen LogP contribution >= 0.6 is 0 Å². The molecule has 0 aromatic carbocycles. The minimum atomic E-state index is -1.16. The van der Waals surface area contributed by atoms with Gasteiger partial charge in [-0.3, -0.25) is 9.59 Å². The van der Waals surface area contributed by atoms with E-state index >= 15 is 0 Å². The lowest BCUT2D eigenvalue weighted by Crippen LogP contribution is -2.39. The van der Waals surface area contributed by atoms with Crippen molar-refractivity contribution in [2.45, 2.75) is 32.7 Å². The maximum atomic E-state index is 10.9. The third kappa shape index (κ3) is 6.48. The zero-order valence-corrected chi connectivity index (χ0v) is 8.78. The van der Waals surface area contributed by atoms with Crippen molar-refractivity contribution in [1.29, 1.82) is 0 Å². The molecule has 0 fully saturated rings. The summed E-state index contributed by atoms with van der Waals surface area (Å²) in [6.45, 7) is 3.15. The van der Waals surface area contributed by atoms with Gasteiger partial charge in [0.2, 0.25) is 5.91 Å². The lowest BCUT2D eigenvalue weighted by atomic mass is 10.1. The zero-order chi connectivity index (χ0) is 11.8. The van der Waals surface area contributed by atoms with Gasteiger partial charge in [-0.1, -0.05) is 0 Å². The van der Waals surface area contributed by atoms with Crippen molar-refractivity contribution >= 4 is 17.8 Å². The van der Waals surface area contributed by atoms with E-state index in [1.54, 1.807) is 6.92 Å². The van der Waals surface area contributed by atoms with Crippen LogP contribution in [0, 0.1) is 0 Å². The number of carbonyl (C=O) groups is 3. The van der Waals surface area contributed by atoms with Gasteiger partial charge in [0.05, 0.1) is 6.61 Å². The summed E-state index contributed by atoms with van der Waals surface area (Å²) in [6, 6.07) is -1.04. The molecular weight excluding hydrogens is 202 g/mol. The van der Waals surface area contributed by atoms with Crippen LogP contribution in [0.1, 0.15) is 26.7 Å². The van der Waals surface area contributed by atoms with E-state index in [-0.39, 0.29) is 19.4 Å². The fourth-order valence-corrected chi connectivity index (χ4v) is 0.998. The molecule has 6 heteroatoms. The van der Waals surface area contributed by atoms with Gasteiger partial charge in [-0.05, 0) is 13.3 Å². The number of esters is 1. The summed E-state index contributed by atoms with van der Waals surface area (Å²) in [6.07, 6.45) is 0.0127. The Morgan fingerprint density at radius 1 is 1.40 bits per heavy atom. The van der Waals surface area contributed by atoms with E-state index in [4.69, 9.17) is 5.11 Å². The summed E-state index contributed by atoms with van der Waals surface area (Å²) in [5.74, 6) is -2.06. The molecule has 86 valence electrons. The van der Waals surface area contributed by atoms with Crippen LogP contribution in [0.2, 0.25) is 0 Å². The third-order valence-corrected chi connectivity index (χ3v) is 1.62. The minimum absolute atomic E-state index is 0.0227. The number of carboxylic acids is 1. The Kier molecular flexibility index (Phi) is 6.08. The number of carboxylic acid groups (broad SMARTS) is 1. The molecule has 1 amide bonds. The van der Waals surface area contributed by atoms with Crippen LogP contribution in [-0.4, -0.2) is 35.6 Å². The molecule has 0 radical (unpaired) electrons. The molecule has 0 saturated carbocycles. The first kappa shape index (κ1) is 13.4. The Morgan fingerprint density at radius 3 is 2.40 bits per heavy atom.